The first-order valence-electron chi connectivity index (χ1n) is 9.98. The Balaban J connectivity index is 1.36. The molecule has 5 rings (SSSR count). The molecule has 0 saturated heterocycles. The average Bonchev–Trinajstić information content (AvgIpc) is 3.27. The maximum Gasteiger partial charge on any atom is 0.212 e. The smallest absolute Gasteiger partial charge is 0.212 e. The highest BCUT2D eigenvalue weighted by molar-refractivity contribution is 7.92. The Morgan fingerprint density at radius 1 is 1.13 bits per heavy atom. The van der Waals surface area contributed by atoms with Gasteiger partial charge in [0.25, 0.3) is 0 Å². The minimum atomic E-state index is -3.11. The average molecular weight is 435 g/mol. The van der Waals surface area contributed by atoms with Crippen molar-refractivity contribution in [1.29, 1.82) is 4.78 Å². The molecule has 2 aliphatic rings. The van der Waals surface area contributed by atoms with E-state index in [1.165, 1.54) is 0 Å². The normalized spacial score (nSPS) is 16.2. The van der Waals surface area contributed by atoms with E-state index >= 15 is 0 Å². The summed E-state index contributed by atoms with van der Waals surface area (Å²) in [6, 6.07) is 14.8. The van der Waals surface area contributed by atoms with Gasteiger partial charge in [-0.15, -0.1) is 0 Å². The van der Waals surface area contributed by atoms with Crippen LogP contribution in [0.4, 0.5) is 0 Å². The van der Waals surface area contributed by atoms with Crippen molar-refractivity contribution in [3.8, 4) is 11.6 Å². The van der Waals surface area contributed by atoms with E-state index in [1.807, 2.05) is 41.4 Å². The van der Waals surface area contributed by atoms with Gasteiger partial charge in [-0.25, -0.2) is 14.0 Å². The predicted molar refractivity (Wildman–Crippen MR) is 117 cm³/mol. The molecule has 2 aromatic carbocycles. The standard InChI is InChI=1S/C23H22N4O3S/c1-29-23-7-2-16(12-25-23)14-27-15-18-3-4-20(11-19(18)13-26-27)31(24,28)21-5-6-22-17(10-21)8-9-30-22/h2-7,10-13,24H,8-9,14-15H2,1H3/t31-/m0/s1. The van der Waals surface area contributed by atoms with Crippen molar-refractivity contribution in [3.05, 3.63) is 77.0 Å². The van der Waals surface area contributed by atoms with Gasteiger partial charge in [-0.3, -0.25) is 5.01 Å². The number of aromatic nitrogens is 1. The van der Waals surface area contributed by atoms with Gasteiger partial charge < -0.3 is 9.47 Å². The lowest BCUT2D eigenvalue weighted by molar-refractivity contribution is 0.267. The van der Waals surface area contributed by atoms with Crippen LogP contribution >= 0.6 is 0 Å². The summed E-state index contributed by atoms with van der Waals surface area (Å²) < 4.78 is 32.6. The molecule has 7 nitrogen and oxygen atoms in total. The molecule has 0 unspecified atom stereocenters. The molecule has 0 saturated carbocycles. The number of methoxy groups -OCH3 is 1. The highest BCUT2D eigenvalue weighted by atomic mass is 32.2. The number of pyridine rings is 1. The second kappa shape index (κ2) is 7.70. The summed E-state index contributed by atoms with van der Waals surface area (Å²) in [4.78, 5) is 5.24. The quantitative estimate of drug-likeness (QED) is 0.659. The maximum absolute atomic E-state index is 13.4. The summed E-state index contributed by atoms with van der Waals surface area (Å²) in [7, 11) is -1.52. The van der Waals surface area contributed by atoms with E-state index < -0.39 is 9.73 Å². The minimum Gasteiger partial charge on any atom is -0.493 e. The first-order chi connectivity index (χ1) is 15.0. The highest BCUT2D eigenvalue weighted by Gasteiger charge is 2.21. The molecule has 1 aromatic heterocycles. The minimum absolute atomic E-state index is 0.490. The number of rotatable bonds is 5. The van der Waals surface area contributed by atoms with Gasteiger partial charge in [-0.05, 0) is 47.0 Å². The molecule has 0 fully saturated rings. The third kappa shape index (κ3) is 3.74. The van der Waals surface area contributed by atoms with E-state index in [1.54, 1.807) is 31.7 Å². The fraction of sp³-hybridized carbons (Fsp3) is 0.217. The second-order valence-electron chi connectivity index (χ2n) is 7.56. The van der Waals surface area contributed by atoms with E-state index in [4.69, 9.17) is 14.3 Å². The molecular formula is C23H22N4O3S. The second-order valence-corrected chi connectivity index (χ2v) is 9.62. The highest BCUT2D eigenvalue weighted by Crippen LogP contribution is 2.31. The van der Waals surface area contributed by atoms with Gasteiger partial charge in [0.2, 0.25) is 5.88 Å². The lowest BCUT2D eigenvalue weighted by atomic mass is 10.1. The lowest BCUT2D eigenvalue weighted by Gasteiger charge is -2.24. The fourth-order valence-corrected chi connectivity index (χ4v) is 5.20. The van der Waals surface area contributed by atoms with Crippen molar-refractivity contribution in [2.75, 3.05) is 13.7 Å². The summed E-state index contributed by atoms with van der Waals surface area (Å²) in [6.07, 6.45) is 4.34. The number of fused-ring (bicyclic) bond motifs is 2. The Labute approximate surface area is 181 Å². The summed E-state index contributed by atoms with van der Waals surface area (Å²) in [5.41, 5.74) is 4.03. The van der Waals surface area contributed by atoms with E-state index in [9.17, 15) is 4.21 Å². The number of hydrogen-bond donors (Lipinski definition) is 1. The molecule has 0 bridgehead atoms. The van der Waals surface area contributed by atoms with E-state index in [0.29, 0.717) is 35.4 Å². The van der Waals surface area contributed by atoms with Gasteiger partial charge in [0.05, 0.1) is 42.8 Å². The van der Waals surface area contributed by atoms with Crippen molar-refractivity contribution < 1.29 is 13.7 Å². The van der Waals surface area contributed by atoms with Crippen LogP contribution < -0.4 is 9.47 Å². The predicted octanol–water partition coefficient (Wildman–Crippen LogP) is 3.84. The van der Waals surface area contributed by atoms with Crippen LogP contribution in [-0.2, 0) is 29.2 Å². The van der Waals surface area contributed by atoms with Crippen molar-refractivity contribution in [1.82, 2.24) is 9.99 Å². The SMILES string of the molecule is COc1ccc(CN2Cc3ccc([S@](=N)(=O)c4ccc5c(c4)CCO5)cc3C=N2)cn1. The van der Waals surface area contributed by atoms with Crippen molar-refractivity contribution in [2.24, 2.45) is 5.10 Å². The maximum atomic E-state index is 13.4. The molecule has 0 amide bonds. The van der Waals surface area contributed by atoms with Crippen LogP contribution in [0.25, 0.3) is 0 Å². The molecule has 2 aliphatic heterocycles. The largest absolute Gasteiger partial charge is 0.493 e. The van der Waals surface area contributed by atoms with Crippen molar-refractivity contribution >= 4 is 15.9 Å². The van der Waals surface area contributed by atoms with Gasteiger partial charge in [-0.1, -0.05) is 12.1 Å². The molecule has 158 valence electrons. The number of ether oxygens (including phenoxy) is 2. The van der Waals surface area contributed by atoms with Crippen molar-refractivity contribution in [3.63, 3.8) is 0 Å². The number of benzene rings is 2. The number of hydrogen-bond acceptors (Lipinski definition) is 7. The van der Waals surface area contributed by atoms with Gasteiger partial charge in [-0.2, -0.15) is 5.10 Å². The van der Waals surface area contributed by atoms with Gasteiger partial charge in [0.15, 0.2) is 0 Å². The van der Waals surface area contributed by atoms with Gasteiger partial charge in [0.1, 0.15) is 15.5 Å². The molecule has 1 atom stereocenters. The first kappa shape index (κ1) is 19.6. The zero-order chi connectivity index (χ0) is 21.4. The summed E-state index contributed by atoms with van der Waals surface area (Å²) in [5, 5.41) is 6.48. The fourth-order valence-electron chi connectivity index (χ4n) is 3.81. The van der Waals surface area contributed by atoms with Crippen LogP contribution in [0.5, 0.6) is 11.6 Å². The third-order valence-corrected chi connectivity index (χ3v) is 7.36. The molecule has 3 aromatic rings. The Hall–Kier alpha value is -3.39. The molecule has 0 aliphatic carbocycles. The van der Waals surface area contributed by atoms with Gasteiger partial charge >= 0.3 is 0 Å². The topological polar surface area (TPSA) is 87.9 Å². The van der Waals surface area contributed by atoms with E-state index in [2.05, 4.69) is 10.1 Å². The van der Waals surface area contributed by atoms with Crippen LogP contribution in [0.3, 0.4) is 0 Å². The molecule has 0 radical (unpaired) electrons. The van der Waals surface area contributed by atoms with Crippen molar-refractivity contribution in [2.45, 2.75) is 29.3 Å². The zero-order valence-electron chi connectivity index (χ0n) is 17.1. The molecule has 3 heterocycles. The van der Waals surface area contributed by atoms with Gasteiger partial charge in [0, 0.05) is 24.2 Å². The first-order valence-corrected chi connectivity index (χ1v) is 11.5. The molecule has 31 heavy (non-hydrogen) atoms. The molecule has 0 spiro atoms. The Morgan fingerprint density at radius 3 is 2.77 bits per heavy atom. The zero-order valence-corrected chi connectivity index (χ0v) is 17.9. The molecular weight excluding hydrogens is 412 g/mol. The van der Waals surface area contributed by atoms with Crippen LogP contribution in [0, 0.1) is 4.78 Å². The van der Waals surface area contributed by atoms with E-state index in [0.717, 1.165) is 34.4 Å². The molecule has 1 N–H and O–H groups in total. The summed E-state index contributed by atoms with van der Waals surface area (Å²) in [5.74, 6) is 1.40. The Morgan fingerprint density at radius 2 is 1.97 bits per heavy atom. The summed E-state index contributed by atoms with van der Waals surface area (Å²) >= 11 is 0. The monoisotopic (exact) mass is 434 g/mol. The molecule has 8 heteroatoms. The van der Waals surface area contributed by atoms with Crippen LogP contribution in [0.15, 0.2) is 69.6 Å². The Kier molecular flexibility index (Phi) is 4.86. The van der Waals surface area contributed by atoms with Crippen LogP contribution in [0.2, 0.25) is 0 Å². The number of hydrazone groups is 1. The number of nitrogens with zero attached hydrogens (tertiary/aromatic N) is 3. The number of nitrogens with one attached hydrogen (secondary N) is 1. The van der Waals surface area contributed by atoms with Crippen LogP contribution in [0.1, 0.15) is 22.3 Å². The van der Waals surface area contributed by atoms with Crippen LogP contribution in [-0.4, -0.2) is 34.1 Å². The lowest BCUT2D eigenvalue weighted by Crippen LogP contribution is -2.21. The van der Waals surface area contributed by atoms with E-state index in [-0.39, 0.29) is 0 Å². The summed E-state index contributed by atoms with van der Waals surface area (Å²) in [6.45, 7) is 1.89. The Bertz CT molecular complexity index is 1270. The third-order valence-electron chi connectivity index (χ3n) is 5.53.